The van der Waals surface area contributed by atoms with Crippen molar-refractivity contribution in [3.63, 3.8) is 0 Å². The number of nitrogens with zero attached hydrogens (tertiary/aromatic N) is 1. The molecule has 0 bridgehead atoms. The number of likely N-dealkylation sites (tertiary alicyclic amines) is 1. The third kappa shape index (κ3) is 5.39. The molecule has 15 heavy (non-hydrogen) atoms. The number of hydrogen-bond donors (Lipinski definition) is 0. The molecule has 0 amide bonds. The van der Waals surface area contributed by atoms with Gasteiger partial charge in [-0.25, -0.2) is 8.78 Å². The number of halogens is 2. The molecule has 1 fully saturated rings. The van der Waals surface area contributed by atoms with Crippen LogP contribution in [0.15, 0.2) is 0 Å². The van der Waals surface area contributed by atoms with Crippen molar-refractivity contribution in [2.45, 2.75) is 18.8 Å². The maximum atomic E-state index is 12.9. The number of alkyl halides is 2. The Bertz CT molecular complexity index is 305. The van der Waals surface area contributed by atoms with Crippen LogP contribution >= 0.6 is 0 Å². The smallest absolute Gasteiger partial charge is 0.264 e. The minimum Gasteiger partial charge on any atom is -0.295 e. The zero-order chi connectivity index (χ0) is 11.5. The molecule has 0 atom stereocenters. The van der Waals surface area contributed by atoms with Gasteiger partial charge in [-0.3, -0.25) is 9.08 Å². The molecule has 0 aromatic carbocycles. The highest BCUT2D eigenvalue weighted by Crippen LogP contribution is 2.26. The Morgan fingerprint density at radius 2 is 2.13 bits per heavy atom. The van der Waals surface area contributed by atoms with Gasteiger partial charge in [0.15, 0.2) is 0 Å². The first-order valence-electron chi connectivity index (χ1n) is 4.73. The fourth-order valence-electron chi connectivity index (χ4n) is 1.56. The summed E-state index contributed by atoms with van der Waals surface area (Å²) in [5.41, 5.74) is 0. The Morgan fingerprint density at radius 1 is 1.47 bits per heavy atom. The molecule has 1 aliphatic rings. The lowest BCUT2D eigenvalue weighted by Crippen LogP contribution is -2.43. The standard InChI is InChI=1S/C8H15F2NO3S/c1-15(12,13)14-6-5-11-4-2-3-8(9,10)7-11/h2-7H2,1H3. The third-order valence-corrected chi connectivity index (χ3v) is 2.77. The number of hydrogen-bond acceptors (Lipinski definition) is 4. The van der Waals surface area contributed by atoms with Crippen LogP contribution in [0.5, 0.6) is 0 Å². The van der Waals surface area contributed by atoms with E-state index < -0.39 is 16.0 Å². The molecule has 0 radical (unpaired) electrons. The molecule has 0 saturated carbocycles. The van der Waals surface area contributed by atoms with Crippen LogP contribution in [-0.2, 0) is 14.3 Å². The molecular formula is C8H15F2NO3S. The molecule has 1 saturated heterocycles. The highest BCUT2D eigenvalue weighted by atomic mass is 32.2. The first kappa shape index (κ1) is 12.8. The summed E-state index contributed by atoms with van der Waals surface area (Å²) in [7, 11) is -3.47. The summed E-state index contributed by atoms with van der Waals surface area (Å²) >= 11 is 0. The van der Waals surface area contributed by atoms with Crippen LogP contribution < -0.4 is 0 Å². The van der Waals surface area contributed by atoms with E-state index in [2.05, 4.69) is 4.18 Å². The Hall–Kier alpha value is -0.270. The minimum absolute atomic E-state index is 0.0606. The Labute approximate surface area is 88.3 Å². The quantitative estimate of drug-likeness (QED) is 0.682. The van der Waals surface area contributed by atoms with Crippen molar-refractivity contribution >= 4 is 10.1 Å². The topological polar surface area (TPSA) is 46.6 Å². The van der Waals surface area contributed by atoms with E-state index in [4.69, 9.17) is 0 Å². The van der Waals surface area contributed by atoms with Crippen molar-refractivity contribution in [2.75, 3.05) is 32.5 Å². The fraction of sp³-hybridized carbons (Fsp3) is 1.00. The Balaban J connectivity index is 2.28. The van der Waals surface area contributed by atoms with Crippen LogP contribution in [0, 0.1) is 0 Å². The van der Waals surface area contributed by atoms with Gasteiger partial charge in [-0.1, -0.05) is 0 Å². The molecule has 7 heteroatoms. The van der Waals surface area contributed by atoms with Crippen LogP contribution in [0.3, 0.4) is 0 Å². The SMILES string of the molecule is CS(=O)(=O)OCCN1CCCC(F)(F)C1. The fourth-order valence-corrected chi connectivity index (χ4v) is 1.93. The summed E-state index contributed by atoms with van der Waals surface area (Å²) in [6.07, 6.45) is 1.29. The van der Waals surface area contributed by atoms with Gasteiger partial charge in [0.1, 0.15) is 0 Å². The van der Waals surface area contributed by atoms with E-state index in [1.165, 1.54) is 4.90 Å². The highest BCUT2D eigenvalue weighted by Gasteiger charge is 2.34. The van der Waals surface area contributed by atoms with Crippen molar-refractivity contribution in [2.24, 2.45) is 0 Å². The molecule has 0 aromatic heterocycles. The second kappa shape index (κ2) is 4.71. The summed E-state index contributed by atoms with van der Waals surface area (Å²) in [6.45, 7) is 0.431. The second-order valence-electron chi connectivity index (χ2n) is 3.76. The maximum absolute atomic E-state index is 12.9. The molecule has 0 spiro atoms. The van der Waals surface area contributed by atoms with E-state index in [0.29, 0.717) is 13.0 Å². The largest absolute Gasteiger partial charge is 0.295 e. The van der Waals surface area contributed by atoms with E-state index in [1.807, 2.05) is 0 Å². The highest BCUT2D eigenvalue weighted by molar-refractivity contribution is 7.85. The normalized spacial score (nSPS) is 22.9. The third-order valence-electron chi connectivity index (χ3n) is 2.18. The summed E-state index contributed by atoms with van der Waals surface area (Å²) in [5.74, 6) is -2.65. The molecule has 0 N–H and O–H groups in total. The van der Waals surface area contributed by atoms with Gasteiger partial charge in [0.2, 0.25) is 0 Å². The van der Waals surface area contributed by atoms with Crippen LogP contribution in [-0.4, -0.2) is 51.7 Å². The predicted octanol–water partition coefficient (Wildman–Crippen LogP) is 0.694. The van der Waals surface area contributed by atoms with Crippen molar-refractivity contribution in [3.8, 4) is 0 Å². The van der Waals surface area contributed by atoms with Gasteiger partial charge >= 0.3 is 0 Å². The average molecular weight is 243 g/mol. The molecule has 1 aliphatic heterocycles. The lowest BCUT2D eigenvalue weighted by atomic mass is 10.1. The van der Waals surface area contributed by atoms with Gasteiger partial charge in [-0.15, -0.1) is 0 Å². The van der Waals surface area contributed by atoms with Gasteiger partial charge in [-0.05, 0) is 13.0 Å². The second-order valence-corrected chi connectivity index (χ2v) is 5.41. The molecule has 1 heterocycles. The minimum atomic E-state index is -3.47. The van der Waals surface area contributed by atoms with Crippen molar-refractivity contribution in [1.29, 1.82) is 0 Å². The molecule has 0 aliphatic carbocycles. The van der Waals surface area contributed by atoms with E-state index in [9.17, 15) is 17.2 Å². The number of rotatable bonds is 4. The van der Waals surface area contributed by atoms with E-state index in [-0.39, 0.29) is 26.1 Å². The van der Waals surface area contributed by atoms with Crippen LogP contribution in [0.4, 0.5) is 8.78 Å². The van der Waals surface area contributed by atoms with Gasteiger partial charge in [0.25, 0.3) is 16.0 Å². The molecule has 0 unspecified atom stereocenters. The lowest BCUT2D eigenvalue weighted by Gasteiger charge is -2.31. The molecule has 90 valence electrons. The number of piperidine rings is 1. The maximum Gasteiger partial charge on any atom is 0.264 e. The van der Waals surface area contributed by atoms with Gasteiger partial charge in [-0.2, -0.15) is 8.42 Å². The van der Waals surface area contributed by atoms with Gasteiger partial charge in [0.05, 0.1) is 19.4 Å². The first-order valence-corrected chi connectivity index (χ1v) is 6.55. The van der Waals surface area contributed by atoms with E-state index in [1.54, 1.807) is 0 Å². The van der Waals surface area contributed by atoms with Crippen molar-refractivity contribution in [3.05, 3.63) is 0 Å². The van der Waals surface area contributed by atoms with Crippen molar-refractivity contribution < 1.29 is 21.4 Å². The average Bonchev–Trinajstić information content (AvgIpc) is 1.99. The summed E-state index contributed by atoms with van der Waals surface area (Å²) in [6, 6.07) is 0. The molecule has 0 aromatic rings. The van der Waals surface area contributed by atoms with Crippen LogP contribution in [0.25, 0.3) is 0 Å². The molecule has 1 rings (SSSR count). The monoisotopic (exact) mass is 243 g/mol. The summed E-state index contributed by atoms with van der Waals surface area (Å²) < 4.78 is 51.5. The zero-order valence-corrected chi connectivity index (χ0v) is 9.40. The van der Waals surface area contributed by atoms with E-state index in [0.717, 1.165) is 6.26 Å². The first-order chi connectivity index (χ1) is 6.79. The molecule has 4 nitrogen and oxygen atoms in total. The van der Waals surface area contributed by atoms with Crippen LogP contribution in [0.2, 0.25) is 0 Å². The van der Waals surface area contributed by atoms with Crippen LogP contribution in [0.1, 0.15) is 12.8 Å². The van der Waals surface area contributed by atoms with Crippen molar-refractivity contribution in [1.82, 2.24) is 4.90 Å². The van der Waals surface area contributed by atoms with E-state index >= 15 is 0 Å². The summed E-state index contributed by atoms with van der Waals surface area (Å²) in [5, 5.41) is 0. The molecular weight excluding hydrogens is 228 g/mol. The van der Waals surface area contributed by atoms with Gasteiger partial charge < -0.3 is 0 Å². The Morgan fingerprint density at radius 3 is 2.67 bits per heavy atom. The zero-order valence-electron chi connectivity index (χ0n) is 8.58. The summed E-state index contributed by atoms with van der Waals surface area (Å²) in [4.78, 5) is 1.52. The Kier molecular flexibility index (Phi) is 4.02. The predicted molar refractivity (Wildman–Crippen MR) is 51.4 cm³/mol. The lowest BCUT2D eigenvalue weighted by molar-refractivity contribution is -0.0654. The van der Waals surface area contributed by atoms with Gasteiger partial charge in [0, 0.05) is 13.0 Å².